The topological polar surface area (TPSA) is 57.6 Å². The quantitative estimate of drug-likeness (QED) is 0.863. The fourth-order valence-corrected chi connectivity index (χ4v) is 2.52. The van der Waals surface area contributed by atoms with E-state index in [0.29, 0.717) is 11.4 Å². The molecule has 0 aromatic carbocycles. The van der Waals surface area contributed by atoms with Gasteiger partial charge in [-0.1, -0.05) is 13.8 Å². The maximum atomic E-state index is 12.2. The predicted octanol–water partition coefficient (Wildman–Crippen LogP) is 2.49. The van der Waals surface area contributed by atoms with E-state index < -0.39 is 11.9 Å². The van der Waals surface area contributed by atoms with E-state index in [1.54, 1.807) is 11.8 Å². The van der Waals surface area contributed by atoms with Crippen LogP contribution in [0.3, 0.4) is 0 Å². The first-order valence-electron chi connectivity index (χ1n) is 6.10. The molecule has 0 fully saturated rings. The van der Waals surface area contributed by atoms with Crippen LogP contribution in [0.15, 0.2) is 12.1 Å². The first-order valence-corrected chi connectivity index (χ1v) is 6.92. The molecule has 1 aromatic heterocycles. The normalized spacial score (nSPS) is 12.2. The molecule has 5 heteroatoms. The molecule has 1 heterocycles. The van der Waals surface area contributed by atoms with Crippen molar-refractivity contribution in [3.8, 4) is 0 Å². The number of amides is 1. The van der Waals surface area contributed by atoms with Crippen molar-refractivity contribution >= 4 is 23.2 Å². The van der Waals surface area contributed by atoms with E-state index in [4.69, 9.17) is 5.11 Å². The van der Waals surface area contributed by atoms with Gasteiger partial charge in [0.15, 0.2) is 0 Å². The van der Waals surface area contributed by atoms with Crippen LogP contribution in [0.2, 0.25) is 0 Å². The first kappa shape index (κ1) is 14.7. The van der Waals surface area contributed by atoms with E-state index in [2.05, 4.69) is 0 Å². The summed E-state index contributed by atoms with van der Waals surface area (Å²) in [6, 6.07) is 3.77. The number of hydrogen-bond acceptors (Lipinski definition) is 3. The number of carboxylic acids is 1. The van der Waals surface area contributed by atoms with E-state index in [0.717, 1.165) is 6.42 Å². The summed E-state index contributed by atoms with van der Waals surface area (Å²) in [4.78, 5) is 26.5. The summed E-state index contributed by atoms with van der Waals surface area (Å²) in [6.07, 6.45) is 0.912. The third-order valence-corrected chi connectivity index (χ3v) is 4.02. The van der Waals surface area contributed by atoms with Gasteiger partial charge >= 0.3 is 5.97 Å². The number of carbonyl (C=O) groups excluding carboxylic acids is 1. The van der Waals surface area contributed by atoms with Crippen molar-refractivity contribution in [2.45, 2.75) is 27.2 Å². The van der Waals surface area contributed by atoms with Crippen LogP contribution in [0.1, 0.15) is 35.3 Å². The third-order valence-electron chi connectivity index (χ3n) is 2.81. The van der Waals surface area contributed by atoms with Crippen molar-refractivity contribution in [2.24, 2.45) is 5.92 Å². The van der Waals surface area contributed by atoms with Crippen LogP contribution >= 0.6 is 11.3 Å². The van der Waals surface area contributed by atoms with Crippen molar-refractivity contribution in [3.63, 3.8) is 0 Å². The van der Waals surface area contributed by atoms with Crippen LogP contribution in [-0.4, -0.2) is 35.0 Å². The molecular weight excluding hydrogens is 250 g/mol. The lowest BCUT2D eigenvalue weighted by molar-refractivity contribution is -0.141. The van der Waals surface area contributed by atoms with Crippen molar-refractivity contribution in [1.29, 1.82) is 0 Å². The van der Waals surface area contributed by atoms with Gasteiger partial charge in [0.05, 0.1) is 10.8 Å². The molecule has 1 atom stereocenters. The minimum absolute atomic E-state index is 0.0738. The molecule has 1 aromatic rings. The molecule has 0 spiro atoms. The highest BCUT2D eigenvalue weighted by atomic mass is 32.1. The van der Waals surface area contributed by atoms with Crippen molar-refractivity contribution < 1.29 is 14.7 Å². The zero-order valence-corrected chi connectivity index (χ0v) is 11.8. The molecule has 100 valence electrons. The van der Waals surface area contributed by atoms with Crippen molar-refractivity contribution in [1.82, 2.24) is 4.90 Å². The number of nitrogens with zero attached hydrogens (tertiary/aromatic N) is 1. The van der Waals surface area contributed by atoms with Gasteiger partial charge < -0.3 is 10.0 Å². The molecule has 0 radical (unpaired) electrons. The Labute approximate surface area is 111 Å². The summed E-state index contributed by atoms with van der Waals surface area (Å²) < 4.78 is 0. The molecule has 0 aliphatic heterocycles. The average molecular weight is 269 g/mol. The number of aliphatic carboxylic acids is 1. The number of aryl methyl sites for hydroxylation is 1. The minimum Gasteiger partial charge on any atom is -0.481 e. The Hall–Kier alpha value is -1.36. The van der Waals surface area contributed by atoms with Gasteiger partial charge in [0.1, 0.15) is 0 Å². The average Bonchev–Trinajstić information content (AvgIpc) is 2.83. The van der Waals surface area contributed by atoms with E-state index in [1.165, 1.54) is 16.2 Å². The van der Waals surface area contributed by atoms with E-state index in [9.17, 15) is 9.59 Å². The number of thiophene rings is 1. The fraction of sp³-hybridized carbons (Fsp3) is 0.538. The maximum absolute atomic E-state index is 12.2. The second-order valence-electron chi connectivity index (χ2n) is 4.20. The lowest BCUT2D eigenvalue weighted by Gasteiger charge is -2.22. The summed E-state index contributed by atoms with van der Waals surface area (Å²) in [5.41, 5.74) is 0. The van der Waals surface area contributed by atoms with Crippen LogP contribution in [0.4, 0.5) is 0 Å². The van der Waals surface area contributed by atoms with Gasteiger partial charge in [-0.15, -0.1) is 11.3 Å². The fourth-order valence-electron chi connectivity index (χ4n) is 1.60. The van der Waals surface area contributed by atoms with Crippen molar-refractivity contribution in [3.05, 3.63) is 21.9 Å². The maximum Gasteiger partial charge on any atom is 0.308 e. The molecular formula is C13H19NO3S. The molecule has 1 N–H and O–H groups in total. The Kier molecular flexibility index (Phi) is 5.34. The largest absolute Gasteiger partial charge is 0.481 e. The van der Waals surface area contributed by atoms with Gasteiger partial charge in [-0.3, -0.25) is 9.59 Å². The van der Waals surface area contributed by atoms with Crippen LogP contribution in [0.25, 0.3) is 0 Å². The number of hydrogen-bond donors (Lipinski definition) is 1. The summed E-state index contributed by atoms with van der Waals surface area (Å²) in [6.45, 7) is 6.30. The molecule has 0 saturated heterocycles. The van der Waals surface area contributed by atoms with Crippen LogP contribution < -0.4 is 0 Å². The van der Waals surface area contributed by atoms with Gasteiger partial charge in [0.2, 0.25) is 0 Å². The molecule has 1 amide bonds. The van der Waals surface area contributed by atoms with Gasteiger partial charge in [-0.05, 0) is 25.5 Å². The smallest absolute Gasteiger partial charge is 0.308 e. The van der Waals surface area contributed by atoms with Gasteiger partial charge in [0, 0.05) is 18.0 Å². The van der Waals surface area contributed by atoms with E-state index in [1.807, 2.05) is 26.0 Å². The van der Waals surface area contributed by atoms with Crippen LogP contribution in [0.5, 0.6) is 0 Å². The Morgan fingerprint density at radius 1 is 1.39 bits per heavy atom. The molecule has 0 aliphatic carbocycles. The van der Waals surface area contributed by atoms with E-state index >= 15 is 0 Å². The third kappa shape index (κ3) is 3.57. The molecule has 4 nitrogen and oxygen atoms in total. The summed E-state index contributed by atoms with van der Waals surface area (Å²) in [7, 11) is 0. The molecule has 0 aliphatic rings. The minimum atomic E-state index is -0.873. The number of carbonyl (C=O) groups is 2. The molecule has 1 rings (SSSR count). The molecule has 18 heavy (non-hydrogen) atoms. The van der Waals surface area contributed by atoms with Crippen molar-refractivity contribution in [2.75, 3.05) is 13.1 Å². The molecule has 0 bridgehead atoms. The first-order chi connectivity index (χ1) is 8.49. The van der Waals surface area contributed by atoms with Gasteiger partial charge in [-0.25, -0.2) is 0 Å². The highest BCUT2D eigenvalue weighted by Crippen LogP contribution is 2.19. The standard InChI is InChI=1S/C13H19NO3S/c1-4-10-6-7-11(18-10)12(15)14(5-2)8-9(3)13(16)17/h6-7,9H,4-5,8H2,1-3H3,(H,16,17). The number of rotatable bonds is 6. The highest BCUT2D eigenvalue weighted by Gasteiger charge is 2.21. The zero-order valence-electron chi connectivity index (χ0n) is 11.0. The highest BCUT2D eigenvalue weighted by molar-refractivity contribution is 7.14. The van der Waals surface area contributed by atoms with Crippen LogP contribution in [-0.2, 0) is 11.2 Å². The summed E-state index contributed by atoms with van der Waals surface area (Å²) >= 11 is 1.48. The Balaban J connectivity index is 2.75. The molecule has 1 unspecified atom stereocenters. The number of carboxylic acid groups (broad SMARTS) is 1. The van der Waals surface area contributed by atoms with Gasteiger partial charge in [0.25, 0.3) is 5.91 Å². The second kappa shape index (κ2) is 6.54. The lowest BCUT2D eigenvalue weighted by Crippen LogP contribution is -2.36. The summed E-state index contributed by atoms with van der Waals surface area (Å²) in [5.74, 6) is -1.49. The zero-order chi connectivity index (χ0) is 13.7. The SMILES string of the molecule is CCc1ccc(C(=O)N(CC)CC(C)C(=O)O)s1. The lowest BCUT2D eigenvalue weighted by atomic mass is 10.1. The monoisotopic (exact) mass is 269 g/mol. The Bertz CT molecular complexity index is 428. The Morgan fingerprint density at radius 3 is 2.50 bits per heavy atom. The Morgan fingerprint density at radius 2 is 2.06 bits per heavy atom. The van der Waals surface area contributed by atoms with Gasteiger partial charge in [-0.2, -0.15) is 0 Å². The molecule has 0 saturated carbocycles. The van der Waals surface area contributed by atoms with E-state index in [-0.39, 0.29) is 12.5 Å². The van der Waals surface area contributed by atoms with Crippen LogP contribution in [0, 0.1) is 5.92 Å². The predicted molar refractivity (Wildman–Crippen MR) is 72.1 cm³/mol. The summed E-state index contributed by atoms with van der Waals surface area (Å²) in [5, 5.41) is 8.89. The second-order valence-corrected chi connectivity index (χ2v) is 5.37.